The van der Waals surface area contributed by atoms with Crippen molar-refractivity contribution in [2.45, 2.75) is 18.9 Å². The summed E-state index contributed by atoms with van der Waals surface area (Å²) in [5.74, 6) is -1.17. The van der Waals surface area contributed by atoms with Crippen LogP contribution in [-0.2, 0) is 4.74 Å². The van der Waals surface area contributed by atoms with Gasteiger partial charge in [-0.1, -0.05) is 0 Å². The maximum absolute atomic E-state index is 15.0. The minimum atomic E-state index is -0.650. The molecule has 1 aromatic heterocycles. The van der Waals surface area contributed by atoms with Crippen LogP contribution in [0.15, 0.2) is 47.4 Å². The van der Waals surface area contributed by atoms with E-state index in [-0.39, 0.29) is 22.7 Å². The van der Waals surface area contributed by atoms with E-state index in [9.17, 15) is 19.7 Å². The summed E-state index contributed by atoms with van der Waals surface area (Å²) in [5.41, 5.74) is 0.554. The van der Waals surface area contributed by atoms with E-state index in [2.05, 4.69) is 5.32 Å². The smallest absolute Gasteiger partial charge is 0.269 e. The number of carbonyl (C=O) groups is 1. The van der Waals surface area contributed by atoms with Crippen molar-refractivity contribution in [2.24, 2.45) is 0 Å². The van der Waals surface area contributed by atoms with Crippen molar-refractivity contribution in [1.82, 2.24) is 4.57 Å². The second kappa shape index (κ2) is 8.28. The number of ether oxygens (including phenoxy) is 1. The van der Waals surface area contributed by atoms with Gasteiger partial charge in [0.15, 0.2) is 0 Å². The average Bonchev–Trinajstić information content (AvgIpc) is 3.65. The monoisotopic (exact) mass is 452 g/mol. The summed E-state index contributed by atoms with van der Waals surface area (Å²) in [6, 6.07) is 8.36. The van der Waals surface area contributed by atoms with Crippen LogP contribution in [0.4, 0.5) is 21.5 Å². The van der Waals surface area contributed by atoms with Crippen LogP contribution in [0.5, 0.6) is 0 Å². The Morgan fingerprint density at radius 2 is 1.85 bits per heavy atom. The van der Waals surface area contributed by atoms with Crippen LogP contribution < -0.4 is 15.6 Å². The minimum absolute atomic E-state index is 0.105. The Morgan fingerprint density at radius 1 is 1.15 bits per heavy atom. The Labute approximate surface area is 187 Å². The van der Waals surface area contributed by atoms with E-state index >= 15 is 4.39 Å². The third kappa shape index (κ3) is 4.05. The Balaban J connectivity index is 1.54. The molecule has 2 fully saturated rings. The molecular formula is C23H21FN4O5. The van der Waals surface area contributed by atoms with Crippen LogP contribution in [0, 0.1) is 15.9 Å². The Kier molecular flexibility index (Phi) is 5.29. The van der Waals surface area contributed by atoms with E-state index in [1.165, 1.54) is 36.5 Å². The summed E-state index contributed by atoms with van der Waals surface area (Å²) in [4.78, 5) is 38.3. The molecule has 1 aliphatic carbocycles. The number of nitrogens with zero attached hydrogens (tertiary/aromatic N) is 3. The molecule has 1 N–H and O–H groups in total. The van der Waals surface area contributed by atoms with Gasteiger partial charge < -0.3 is 19.5 Å². The Hall–Kier alpha value is -3.79. The zero-order chi connectivity index (χ0) is 23.1. The summed E-state index contributed by atoms with van der Waals surface area (Å²) >= 11 is 0. The van der Waals surface area contributed by atoms with E-state index in [0.29, 0.717) is 43.2 Å². The molecule has 1 amide bonds. The summed E-state index contributed by atoms with van der Waals surface area (Å²) in [5, 5.41) is 13.6. The molecule has 1 aliphatic heterocycles. The molecule has 33 heavy (non-hydrogen) atoms. The SMILES string of the molecule is O=C(Nc1ccc([N+](=O)[O-])cc1)c1cn(C2CC2)c2cc(N3CCOCC3)c(F)cc2c1=O. The molecule has 2 aliphatic rings. The fourth-order valence-electron chi connectivity index (χ4n) is 4.09. The number of aromatic nitrogens is 1. The van der Waals surface area contributed by atoms with Gasteiger partial charge in [-0.3, -0.25) is 19.7 Å². The number of non-ortho nitro benzene ring substituents is 1. The van der Waals surface area contributed by atoms with Crippen LogP contribution in [0.2, 0.25) is 0 Å². The number of amides is 1. The van der Waals surface area contributed by atoms with Gasteiger partial charge in [0.25, 0.3) is 11.6 Å². The molecule has 5 rings (SSSR count). The van der Waals surface area contributed by atoms with Crippen LogP contribution in [0.3, 0.4) is 0 Å². The van der Waals surface area contributed by atoms with E-state index in [4.69, 9.17) is 4.74 Å². The second-order valence-corrected chi connectivity index (χ2v) is 8.19. The lowest BCUT2D eigenvalue weighted by atomic mass is 10.1. The molecule has 0 radical (unpaired) electrons. The first-order valence-corrected chi connectivity index (χ1v) is 10.7. The van der Waals surface area contributed by atoms with Gasteiger partial charge in [-0.2, -0.15) is 0 Å². The number of pyridine rings is 1. The first-order chi connectivity index (χ1) is 15.9. The predicted octanol–water partition coefficient (Wildman–Crippen LogP) is 3.47. The molecule has 2 heterocycles. The van der Waals surface area contributed by atoms with Gasteiger partial charge in [0.2, 0.25) is 5.43 Å². The first kappa shape index (κ1) is 21.1. The maximum atomic E-state index is 15.0. The molecule has 3 aromatic rings. The molecule has 1 saturated carbocycles. The molecule has 0 atom stereocenters. The number of rotatable bonds is 5. The summed E-state index contributed by atoms with van der Waals surface area (Å²) in [7, 11) is 0. The van der Waals surface area contributed by atoms with Crippen molar-refractivity contribution in [3.05, 3.63) is 74.3 Å². The fraction of sp³-hybridized carbons (Fsp3) is 0.304. The number of hydrogen-bond acceptors (Lipinski definition) is 6. The van der Waals surface area contributed by atoms with Gasteiger partial charge in [0.05, 0.1) is 29.3 Å². The van der Waals surface area contributed by atoms with Crippen molar-refractivity contribution in [3.8, 4) is 0 Å². The number of carbonyl (C=O) groups excluding carboxylic acids is 1. The zero-order valence-electron chi connectivity index (χ0n) is 17.6. The predicted molar refractivity (Wildman–Crippen MR) is 121 cm³/mol. The van der Waals surface area contributed by atoms with Crippen molar-refractivity contribution >= 4 is 33.9 Å². The quantitative estimate of drug-likeness (QED) is 0.469. The van der Waals surface area contributed by atoms with Crippen LogP contribution in [-0.4, -0.2) is 41.7 Å². The van der Waals surface area contributed by atoms with Crippen molar-refractivity contribution < 1.29 is 18.8 Å². The summed E-state index contributed by atoms with van der Waals surface area (Å²) in [6.07, 6.45) is 3.35. The Bertz CT molecular complexity index is 1310. The molecule has 170 valence electrons. The largest absolute Gasteiger partial charge is 0.378 e. The number of benzene rings is 2. The lowest BCUT2D eigenvalue weighted by molar-refractivity contribution is -0.384. The molecular weight excluding hydrogens is 431 g/mol. The van der Waals surface area contributed by atoms with Gasteiger partial charge >= 0.3 is 0 Å². The average molecular weight is 452 g/mol. The number of nitrogens with one attached hydrogen (secondary N) is 1. The number of hydrogen-bond donors (Lipinski definition) is 1. The molecule has 9 nitrogen and oxygen atoms in total. The highest BCUT2D eigenvalue weighted by Gasteiger charge is 2.28. The normalized spacial score (nSPS) is 16.1. The van der Waals surface area contributed by atoms with Crippen molar-refractivity contribution in [3.63, 3.8) is 0 Å². The number of anilines is 2. The van der Waals surface area contributed by atoms with Gasteiger partial charge in [-0.25, -0.2) is 4.39 Å². The standard InChI is InChI=1S/C23H21FN4O5/c24-19-11-17-20(12-21(19)26-7-9-33-10-8-26)27(15-5-6-15)13-18(22(17)29)23(30)25-14-1-3-16(4-2-14)28(31)32/h1-4,11-13,15H,5-10H2,(H,25,30). The van der Waals surface area contributed by atoms with Gasteiger partial charge in [-0.05, 0) is 37.1 Å². The van der Waals surface area contributed by atoms with Crippen molar-refractivity contribution in [2.75, 3.05) is 36.5 Å². The van der Waals surface area contributed by atoms with Crippen LogP contribution in [0.25, 0.3) is 10.9 Å². The zero-order valence-corrected chi connectivity index (χ0v) is 17.6. The number of halogens is 1. The van der Waals surface area contributed by atoms with Gasteiger partial charge in [0, 0.05) is 48.5 Å². The summed E-state index contributed by atoms with van der Waals surface area (Å²) < 4.78 is 22.3. The number of fused-ring (bicyclic) bond motifs is 1. The number of nitro benzene ring substituents is 1. The molecule has 2 aromatic carbocycles. The van der Waals surface area contributed by atoms with Gasteiger partial charge in [0.1, 0.15) is 11.4 Å². The third-order valence-corrected chi connectivity index (χ3v) is 5.97. The second-order valence-electron chi connectivity index (χ2n) is 8.19. The first-order valence-electron chi connectivity index (χ1n) is 10.7. The highest BCUT2D eigenvalue weighted by Crippen LogP contribution is 2.38. The lowest BCUT2D eigenvalue weighted by Crippen LogP contribution is -2.36. The van der Waals surface area contributed by atoms with E-state index < -0.39 is 22.1 Å². The molecule has 1 saturated heterocycles. The molecule has 0 unspecified atom stereocenters. The van der Waals surface area contributed by atoms with Gasteiger partial charge in [-0.15, -0.1) is 0 Å². The maximum Gasteiger partial charge on any atom is 0.269 e. The lowest BCUT2D eigenvalue weighted by Gasteiger charge is -2.29. The number of nitro groups is 1. The highest BCUT2D eigenvalue weighted by atomic mass is 19.1. The number of morpholine rings is 1. The van der Waals surface area contributed by atoms with E-state index in [0.717, 1.165) is 12.8 Å². The molecule has 0 spiro atoms. The highest BCUT2D eigenvalue weighted by molar-refractivity contribution is 6.06. The third-order valence-electron chi connectivity index (χ3n) is 5.97. The minimum Gasteiger partial charge on any atom is -0.378 e. The van der Waals surface area contributed by atoms with Crippen LogP contribution >= 0.6 is 0 Å². The topological polar surface area (TPSA) is 107 Å². The Morgan fingerprint density at radius 3 is 2.48 bits per heavy atom. The molecule has 10 heteroatoms. The molecule has 0 bridgehead atoms. The fourth-order valence-corrected chi connectivity index (χ4v) is 4.09. The van der Waals surface area contributed by atoms with E-state index in [1.807, 2.05) is 9.47 Å². The summed E-state index contributed by atoms with van der Waals surface area (Å²) in [6.45, 7) is 2.14. The van der Waals surface area contributed by atoms with Crippen molar-refractivity contribution in [1.29, 1.82) is 0 Å². The van der Waals surface area contributed by atoms with E-state index in [1.54, 1.807) is 6.07 Å². The van der Waals surface area contributed by atoms with Crippen LogP contribution in [0.1, 0.15) is 29.2 Å².